The van der Waals surface area contributed by atoms with Gasteiger partial charge in [-0.1, -0.05) is 0 Å². The number of rotatable bonds is 3. The Bertz CT molecular complexity index is 648. The minimum atomic E-state index is -0.833. The molecule has 0 atom stereocenters. The standard InChI is InChI=1S/C17H19FN2O3/c18-15-8-13(20(22)23)1-2-14(15)17(21)19-16-11-4-9-3-10(6-11)7-12(16)5-9/h1-2,8-12,16H,3-7H2,(H,19,21). The second-order valence-electron chi connectivity index (χ2n) is 7.35. The third kappa shape index (κ3) is 2.50. The van der Waals surface area contributed by atoms with Gasteiger partial charge in [0.05, 0.1) is 16.6 Å². The molecule has 4 saturated carbocycles. The molecule has 0 radical (unpaired) electrons. The van der Waals surface area contributed by atoms with Gasteiger partial charge in [-0.05, 0) is 61.8 Å². The second-order valence-corrected chi connectivity index (χ2v) is 7.35. The number of benzene rings is 1. The maximum absolute atomic E-state index is 14.0. The Morgan fingerprint density at radius 2 is 1.74 bits per heavy atom. The van der Waals surface area contributed by atoms with Gasteiger partial charge >= 0.3 is 0 Å². The molecule has 4 aliphatic rings. The fraction of sp³-hybridized carbons (Fsp3) is 0.588. The molecule has 4 fully saturated rings. The molecule has 0 aromatic heterocycles. The summed E-state index contributed by atoms with van der Waals surface area (Å²) in [5.74, 6) is 1.35. The zero-order chi connectivity index (χ0) is 16.1. The summed E-state index contributed by atoms with van der Waals surface area (Å²) in [7, 11) is 0. The van der Waals surface area contributed by atoms with Gasteiger partial charge in [0.2, 0.25) is 0 Å². The number of hydrogen-bond donors (Lipinski definition) is 1. The maximum Gasteiger partial charge on any atom is 0.272 e. The molecule has 0 aliphatic heterocycles. The van der Waals surface area contributed by atoms with Crippen LogP contribution in [0, 0.1) is 39.6 Å². The zero-order valence-electron chi connectivity index (χ0n) is 12.7. The van der Waals surface area contributed by atoms with E-state index in [9.17, 15) is 19.3 Å². The smallest absolute Gasteiger partial charge is 0.272 e. The first-order valence-electron chi connectivity index (χ1n) is 8.26. The third-order valence-corrected chi connectivity index (χ3v) is 5.93. The van der Waals surface area contributed by atoms with Crippen LogP contribution in [0.15, 0.2) is 18.2 Å². The summed E-state index contributed by atoms with van der Waals surface area (Å²) in [5, 5.41) is 13.7. The van der Waals surface area contributed by atoms with Crippen LogP contribution < -0.4 is 5.32 Å². The molecular weight excluding hydrogens is 299 g/mol. The Balaban J connectivity index is 1.51. The number of nitrogens with zero attached hydrogens (tertiary/aromatic N) is 1. The molecule has 0 saturated heterocycles. The summed E-state index contributed by atoms with van der Waals surface area (Å²) in [6.45, 7) is 0. The molecule has 6 heteroatoms. The monoisotopic (exact) mass is 318 g/mol. The molecule has 0 heterocycles. The van der Waals surface area contributed by atoms with Crippen LogP contribution in [0.5, 0.6) is 0 Å². The highest BCUT2D eigenvalue weighted by Gasteiger charge is 2.48. The first-order chi connectivity index (χ1) is 11.0. The largest absolute Gasteiger partial charge is 0.349 e. The van der Waals surface area contributed by atoms with Gasteiger partial charge in [0.1, 0.15) is 5.82 Å². The molecule has 1 N–H and O–H groups in total. The van der Waals surface area contributed by atoms with Gasteiger partial charge in [-0.15, -0.1) is 0 Å². The highest BCUT2D eigenvalue weighted by Crippen LogP contribution is 2.53. The number of carbonyl (C=O) groups is 1. The molecule has 5 nitrogen and oxygen atoms in total. The van der Waals surface area contributed by atoms with Crippen LogP contribution in [0.1, 0.15) is 42.5 Å². The van der Waals surface area contributed by atoms with Gasteiger partial charge in [-0.25, -0.2) is 4.39 Å². The van der Waals surface area contributed by atoms with Gasteiger partial charge in [0, 0.05) is 12.1 Å². The lowest BCUT2D eigenvalue weighted by atomic mass is 9.54. The Hall–Kier alpha value is -1.98. The number of non-ortho nitro benzene ring substituents is 1. The average molecular weight is 318 g/mol. The molecule has 0 unspecified atom stereocenters. The SMILES string of the molecule is O=C(NC1C2CC3CC(C2)CC1C3)c1ccc([N+](=O)[O-])cc1F. The van der Waals surface area contributed by atoms with Crippen LogP contribution >= 0.6 is 0 Å². The van der Waals surface area contributed by atoms with E-state index in [0.29, 0.717) is 11.8 Å². The van der Waals surface area contributed by atoms with Gasteiger partial charge in [-0.2, -0.15) is 0 Å². The first-order valence-corrected chi connectivity index (χ1v) is 8.26. The van der Waals surface area contributed by atoms with Gasteiger partial charge < -0.3 is 5.32 Å². The van der Waals surface area contributed by atoms with Gasteiger partial charge in [0.15, 0.2) is 0 Å². The summed E-state index contributed by atoms with van der Waals surface area (Å²) >= 11 is 0. The molecular formula is C17H19FN2O3. The van der Waals surface area contributed by atoms with E-state index in [-0.39, 0.29) is 17.3 Å². The van der Waals surface area contributed by atoms with E-state index in [1.54, 1.807) is 0 Å². The van der Waals surface area contributed by atoms with Crippen LogP contribution in [-0.2, 0) is 0 Å². The predicted molar refractivity (Wildman–Crippen MR) is 81.4 cm³/mol. The van der Waals surface area contributed by atoms with E-state index >= 15 is 0 Å². The van der Waals surface area contributed by atoms with E-state index in [4.69, 9.17) is 0 Å². The second kappa shape index (κ2) is 5.28. The van der Waals surface area contributed by atoms with Crippen LogP contribution in [0.4, 0.5) is 10.1 Å². The van der Waals surface area contributed by atoms with Gasteiger partial charge in [-0.3, -0.25) is 14.9 Å². The fourth-order valence-electron chi connectivity index (χ4n) is 5.19. The molecule has 1 aromatic carbocycles. The molecule has 1 amide bonds. The lowest BCUT2D eigenvalue weighted by Gasteiger charge is -2.54. The molecule has 122 valence electrons. The number of nitro benzene ring substituents is 1. The summed E-state index contributed by atoms with van der Waals surface area (Å²) in [4.78, 5) is 22.4. The quantitative estimate of drug-likeness (QED) is 0.686. The normalized spacial score (nSPS) is 34.4. The number of nitro groups is 1. The highest BCUT2D eigenvalue weighted by atomic mass is 19.1. The molecule has 4 bridgehead atoms. The van der Waals surface area contributed by atoms with E-state index in [1.165, 1.54) is 44.2 Å². The van der Waals surface area contributed by atoms with Crippen LogP contribution in [-0.4, -0.2) is 16.9 Å². The number of nitrogens with one attached hydrogen (secondary N) is 1. The molecule has 1 aromatic rings. The van der Waals surface area contributed by atoms with Crippen molar-refractivity contribution in [2.24, 2.45) is 23.7 Å². The van der Waals surface area contributed by atoms with Crippen molar-refractivity contribution in [3.8, 4) is 0 Å². The Morgan fingerprint density at radius 1 is 1.13 bits per heavy atom. The van der Waals surface area contributed by atoms with Crippen molar-refractivity contribution in [1.29, 1.82) is 0 Å². The van der Waals surface area contributed by atoms with E-state index in [1.807, 2.05) is 0 Å². The summed E-state index contributed by atoms with van der Waals surface area (Å²) in [5.41, 5.74) is -0.446. The number of amides is 1. The topological polar surface area (TPSA) is 72.2 Å². The summed E-state index contributed by atoms with van der Waals surface area (Å²) in [6.07, 6.45) is 6.01. The predicted octanol–water partition coefficient (Wildman–Crippen LogP) is 3.29. The number of halogens is 1. The van der Waals surface area contributed by atoms with Crippen LogP contribution in [0.25, 0.3) is 0 Å². The van der Waals surface area contributed by atoms with Crippen LogP contribution in [0.3, 0.4) is 0 Å². The van der Waals surface area contributed by atoms with E-state index in [2.05, 4.69) is 5.32 Å². The zero-order valence-corrected chi connectivity index (χ0v) is 12.7. The Kier molecular flexibility index (Phi) is 3.36. The van der Waals surface area contributed by atoms with Crippen molar-refractivity contribution in [3.05, 3.63) is 39.7 Å². The van der Waals surface area contributed by atoms with Gasteiger partial charge in [0.25, 0.3) is 11.6 Å². The molecule has 4 aliphatic carbocycles. The minimum absolute atomic E-state index is 0.107. The Morgan fingerprint density at radius 3 is 2.26 bits per heavy atom. The van der Waals surface area contributed by atoms with Crippen molar-refractivity contribution in [2.45, 2.75) is 38.1 Å². The highest BCUT2D eigenvalue weighted by molar-refractivity contribution is 5.95. The lowest BCUT2D eigenvalue weighted by Crippen LogP contribution is -2.55. The summed E-state index contributed by atoms with van der Waals surface area (Å²) in [6, 6.07) is 3.32. The van der Waals surface area contributed by atoms with Crippen molar-refractivity contribution in [2.75, 3.05) is 0 Å². The molecule has 5 rings (SSSR count). The molecule has 23 heavy (non-hydrogen) atoms. The number of carbonyl (C=O) groups excluding carboxylic acids is 1. The third-order valence-electron chi connectivity index (χ3n) is 5.93. The fourth-order valence-corrected chi connectivity index (χ4v) is 5.19. The van der Waals surface area contributed by atoms with Crippen LogP contribution in [0.2, 0.25) is 0 Å². The molecule has 0 spiro atoms. The van der Waals surface area contributed by atoms with Crippen molar-refractivity contribution in [3.63, 3.8) is 0 Å². The van der Waals surface area contributed by atoms with E-state index in [0.717, 1.165) is 17.9 Å². The lowest BCUT2D eigenvalue weighted by molar-refractivity contribution is -0.385. The van der Waals surface area contributed by atoms with Crippen molar-refractivity contribution in [1.82, 2.24) is 5.32 Å². The Labute approximate surface area is 133 Å². The van der Waals surface area contributed by atoms with E-state index < -0.39 is 16.6 Å². The van der Waals surface area contributed by atoms with Crippen molar-refractivity contribution >= 4 is 11.6 Å². The maximum atomic E-state index is 14.0. The first kappa shape index (κ1) is 14.6. The average Bonchev–Trinajstić information content (AvgIpc) is 2.49. The van der Waals surface area contributed by atoms with Crippen molar-refractivity contribution < 1.29 is 14.1 Å². The minimum Gasteiger partial charge on any atom is -0.349 e. The summed E-state index contributed by atoms with van der Waals surface area (Å²) < 4.78 is 14.0. The number of hydrogen-bond acceptors (Lipinski definition) is 3.